The minimum atomic E-state index is -0.801. The van der Waals surface area contributed by atoms with Crippen LogP contribution in [-0.4, -0.2) is 226 Å². The van der Waals surface area contributed by atoms with Gasteiger partial charge >= 0.3 is 11.9 Å². The van der Waals surface area contributed by atoms with Crippen LogP contribution in [0.4, 0.5) is 26.3 Å². The number of rotatable bonds is 23. The summed E-state index contributed by atoms with van der Waals surface area (Å²) in [7, 11) is 4.02. The van der Waals surface area contributed by atoms with Crippen molar-refractivity contribution < 1.29 is 55.3 Å². The molecule has 0 spiro atoms. The molecule has 122 heavy (non-hydrogen) atoms. The Bertz CT molecular complexity index is 4070. The number of esters is 1. The van der Waals surface area contributed by atoms with Crippen molar-refractivity contribution in [2.45, 2.75) is 192 Å². The number of benzene rings is 5. The van der Waals surface area contributed by atoms with E-state index in [1.165, 1.54) is 150 Å². The van der Waals surface area contributed by atoms with E-state index >= 15 is 0 Å². The number of nitrogens with zero attached hydrogens (tertiary/aromatic N) is 10. The number of ketones is 1. The van der Waals surface area contributed by atoms with Crippen molar-refractivity contribution in [3.8, 4) is 0 Å². The summed E-state index contributed by atoms with van der Waals surface area (Å²) in [6.45, 7) is 31.6. The number of ether oxygens (including phenoxy) is 2. The Morgan fingerprint density at radius 1 is 0.574 bits per heavy atom. The van der Waals surface area contributed by atoms with Gasteiger partial charge in [0.15, 0.2) is 9.93 Å². The molecule has 5 aromatic carbocycles. The van der Waals surface area contributed by atoms with Crippen molar-refractivity contribution in [1.29, 1.82) is 0 Å². The smallest absolute Gasteiger partial charge is 0.310 e. The van der Waals surface area contributed by atoms with Crippen LogP contribution >= 0.6 is 51.5 Å². The van der Waals surface area contributed by atoms with Gasteiger partial charge in [0, 0.05) is 149 Å². The predicted octanol–water partition coefficient (Wildman–Crippen LogP) is 19.0. The Labute approximate surface area is 744 Å². The lowest BCUT2D eigenvalue weighted by atomic mass is 9.94. The zero-order valence-corrected chi connectivity index (χ0v) is 76.9. The molecule has 0 radical (unpaired) electrons. The average molecular weight is 1820 g/mol. The number of aromatic nitrogens is 4. The number of alkyl halides is 2. The summed E-state index contributed by atoms with van der Waals surface area (Å²) in [5, 5.41) is 13.6. The van der Waals surface area contributed by atoms with Crippen molar-refractivity contribution >= 4 is 69.2 Å². The number of carbonyl (C=O) groups excluding carboxylic acids is 2. The Hall–Kier alpha value is -6.57. The number of Topliss-reactive ketones (excluding diaryl/α,β-unsaturated/α-hetero) is 1. The summed E-state index contributed by atoms with van der Waals surface area (Å²) >= 11 is 15.6. The number of nitrogens with one attached hydrogen (secondary N) is 2. The number of halogens is 8. The molecule has 7 aliphatic heterocycles. The maximum absolute atomic E-state index is 13.1. The number of thioether (sulfide) groups is 1. The monoisotopic (exact) mass is 1820 g/mol. The maximum Gasteiger partial charge on any atom is 0.310 e. The molecule has 672 valence electrons. The molecule has 7 saturated heterocycles. The van der Waals surface area contributed by atoms with Crippen LogP contribution in [0.3, 0.4) is 0 Å². The first-order chi connectivity index (χ1) is 58.6. The van der Waals surface area contributed by atoms with Crippen LogP contribution < -0.4 is 5.32 Å². The van der Waals surface area contributed by atoms with Crippen LogP contribution in [-0.2, 0) is 55.4 Å². The van der Waals surface area contributed by atoms with Crippen molar-refractivity contribution in [2.75, 3.05) is 137 Å². The molecule has 2 aromatic heterocycles. The number of carboxylic acid groups (broad SMARTS) is 1. The molecule has 6 atom stereocenters. The standard InChI is InChI=1S/C22H30N4S.C16H19N3S.C14H17F2NO.C13H15F2NO2.C8H15NO2.C8H19NO.C7H5BrF2.C6H12ClN/c1-2-7-19(8-3-1)17-26-14-6-9-20(18-26)21-10-11-23-22(24-21)27-16-15-25-12-4-5-13-25;20-16-17-9-8-15(18-16)14-7-4-10-19(12-14)11-13-5-2-1-3-6-13;1-10(18)12-3-2-4-17(9-12)8-11-5-13(15)7-14(16)6-11;14-11-4-9(5-12(15)6-11)7-16-3-1-2-10(8-16)13(17)18;1-2-11-8(10)7-4-3-5-9-6-7;1-7(9(5)6)10-8(2,3)4;8-4-5-1-6(9)3-7(10)2-5;7-3-6-8-4-1-2-5-8/h1-3,7-8,10-11,20H,4-6,9,12-18H2;1-3,5-6,8-9,14H,4,7,10-12H2,(H,17,18,20);5-7,12H,2-4,8-9H2,1H3;4-6,10H,1-3,7-8H2,(H,17,18);7,9H,2-6H2,1H3;7H,1-6H3;1-3H,4H2;1-6H2. The Morgan fingerprint density at radius 3 is 1.47 bits per heavy atom. The number of piperidine rings is 5. The normalized spacial score (nSPS) is 20.0. The summed E-state index contributed by atoms with van der Waals surface area (Å²) in [6.07, 6.45) is 19.8. The van der Waals surface area contributed by atoms with E-state index in [-0.39, 0.29) is 41.3 Å². The highest BCUT2D eigenvalue weighted by Gasteiger charge is 2.29. The van der Waals surface area contributed by atoms with E-state index < -0.39 is 40.9 Å². The molecule has 6 unspecified atom stereocenters. The number of carbonyl (C=O) groups is 3. The Kier molecular flexibility index (Phi) is 47.5. The fraction of sp³-hybridized carbons (Fsp3) is 0.564. The first kappa shape index (κ1) is 103. The molecular weight excluding hydrogens is 1690 g/mol. The lowest BCUT2D eigenvalue weighted by Gasteiger charge is -2.32. The fourth-order valence-electron chi connectivity index (χ4n) is 15.7. The van der Waals surface area contributed by atoms with Gasteiger partial charge in [0.2, 0.25) is 0 Å². The first-order valence-electron chi connectivity index (χ1n) is 43.4. The SMILES string of the molecule is CC(=O)C1CCCN(Cc2cc(F)cc(F)c2)C1.CC(OC(C)(C)C)N(C)C.CCOC(=O)C1CCCNC1.ClCCN1CCCC1.Fc1cc(F)cc(CBr)c1.O=C(O)C1CCCN(Cc2cc(F)cc(F)c2)C1.S=c1nccc(C2CCCN(Cc3ccccc3)C2)[nH]1.c1ccc(CN2CCCC(c3ccnc(SCCN4CCCC4)n3)C2)cc1. The second-order valence-electron chi connectivity index (χ2n) is 33.5. The van der Waals surface area contributed by atoms with Gasteiger partial charge in [-0.2, -0.15) is 0 Å². The van der Waals surface area contributed by atoms with E-state index in [0.717, 1.165) is 133 Å². The molecule has 7 fully saturated rings. The summed E-state index contributed by atoms with van der Waals surface area (Å²) < 4.78 is 88.0. The summed E-state index contributed by atoms with van der Waals surface area (Å²) in [5.41, 5.74) is 6.97. The van der Waals surface area contributed by atoms with Gasteiger partial charge in [-0.15, -0.1) is 11.6 Å². The topological polar surface area (TPSA) is 179 Å². The van der Waals surface area contributed by atoms with Crippen LogP contribution in [0, 0.1) is 57.4 Å². The third-order valence-electron chi connectivity index (χ3n) is 22.0. The van der Waals surface area contributed by atoms with Crippen LogP contribution in [0.2, 0.25) is 0 Å². The van der Waals surface area contributed by atoms with Crippen molar-refractivity contribution in [1.82, 2.24) is 59.6 Å². The van der Waals surface area contributed by atoms with Crippen molar-refractivity contribution in [3.05, 3.63) is 219 Å². The Balaban J connectivity index is 0.000000198. The fourth-order valence-corrected chi connectivity index (χ4v) is 17.3. The van der Waals surface area contributed by atoms with Crippen LogP contribution in [0.1, 0.15) is 182 Å². The number of aliphatic carboxylic acids is 1. The molecule has 9 heterocycles. The van der Waals surface area contributed by atoms with E-state index in [9.17, 15) is 40.7 Å². The van der Waals surface area contributed by atoms with Crippen molar-refractivity contribution in [2.24, 2.45) is 17.8 Å². The largest absolute Gasteiger partial charge is 0.481 e. The molecular formula is C94H132BrClF6N12O6S2. The highest BCUT2D eigenvalue weighted by atomic mass is 79.9. The molecule has 0 amide bonds. The van der Waals surface area contributed by atoms with E-state index in [4.69, 9.17) is 43.4 Å². The Morgan fingerprint density at radius 2 is 1.02 bits per heavy atom. The summed E-state index contributed by atoms with van der Waals surface area (Å²) in [6, 6.07) is 36.1. The average Bonchev–Trinajstić information content (AvgIpc) is 0.968. The summed E-state index contributed by atoms with van der Waals surface area (Å²) in [5.74, 6) is -1.27. The molecule has 0 bridgehead atoms. The maximum atomic E-state index is 13.1. The van der Waals surface area contributed by atoms with Gasteiger partial charge in [0.05, 0.1) is 24.0 Å². The second kappa shape index (κ2) is 56.5. The highest BCUT2D eigenvalue weighted by Crippen LogP contribution is 2.30. The number of carboxylic acids is 1. The van der Waals surface area contributed by atoms with E-state index in [1.807, 2.05) is 61.9 Å². The molecule has 18 nitrogen and oxygen atoms in total. The van der Waals surface area contributed by atoms with Gasteiger partial charge in [0.1, 0.15) is 46.9 Å². The number of H-pyrrole nitrogens is 1. The molecule has 0 saturated carbocycles. The van der Waals surface area contributed by atoms with Gasteiger partial charge in [-0.1, -0.05) is 88.4 Å². The van der Waals surface area contributed by atoms with E-state index in [1.54, 1.807) is 6.92 Å². The minimum Gasteiger partial charge on any atom is -0.481 e. The van der Waals surface area contributed by atoms with Gasteiger partial charge in [-0.3, -0.25) is 38.9 Å². The number of likely N-dealkylation sites (tertiary alicyclic amines) is 6. The van der Waals surface area contributed by atoms with Crippen LogP contribution in [0.5, 0.6) is 0 Å². The van der Waals surface area contributed by atoms with Gasteiger partial charge in [-0.05, 0) is 293 Å². The number of hydrogen-bond donors (Lipinski definition) is 3. The molecule has 7 aromatic rings. The summed E-state index contributed by atoms with van der Waals surface area (Å²) in [4.78, 5) is 66.3. The van der Waals surface area contributed by atoms with Gasteiger partial charge in [-0.25, -0.2) is 41.3 Å². The quantitative estimate of drug-likeness (QED) is 0.0105. The highest BCUT2D eigenvalue weighted by molar-refractivity contribution is 9.08. The molecule has 3 N–H and O–H groups in total. The third kappa shape index (κ3) is 41.3. The lowest BCUT2D eigenvalue weighted by Crippen LogP contribution is -2.38. The predicted molar refractivity (Wildman–Crippen MR) is 484 cm³/mol. The van der Waals surface area contributed by atoms with E-state index in [2.05, 4.69) is 154 Å². The van der Waals surface area contributed by atoms with Crippen LogP contribution in [0.15, 0.2) is 145 Å². The van der Waals surface area contributed by atoms with Gasteiger partial charge < -0.3 is 34.7 Å². The first-order valence-corrected chi connectivity index (χ1v) is 46.5. The third-order valence-corrected chi connectivity index (χ3v) is 23.9. The number of hydrogen-bond acceptors (Lipinski definition) is 18. The second-order valence-corrected chi connectivity index (χ2v) is 35.9. The molecule has 7 aliphatic rings. The lowest BCUT2D eigenvalue weighted by molar-refractivity contribution is -0.148. The molecule has 0 aliphatic carbocycles. The minimum absolute atomic E-state index is 0.0380. The number of aromatic amines is 1. The zero-order chi connectivity index (χ0) is 88.2. The van der Waals surface area contributed by atoms with E-state index in [0.29, 0.717) is 77.8 Å². The molecule has 14 rings (SSSR count). The van der Waals surface area contributed by atoms with Gasteiger partial charge in [0.25, 0.3) is 0 Å². The van der Waals surface area contributed by atoms with Crippen LogP contribution in [0.25, 0.3) is 0 Å². The zero-order valence-electron chi connectivity index (χ0n) is 72.9. The molecule has 28 heteroatoms. The van der Waals surface area contributed by atoms with Crippen molar-refractivity contribution in [3.63, 3.8) is 0 Å².